The highest BCUT2D eigenvalue weighted by atomic mass is 32.2. The number of fused-ring (bicyclic) bond motifs is 1. The zero-order chi connectivity index (χ0) is 29.8. The molecule has 13 heteroatoms. The number of amides is 4. The van der Waals surface area contributed by atoms with Crippen LogP contribution < -0.4 is 27.4 Å². The summed E-state index contributed by atoms with van der Waals surface area (Å²) in [6.07, 6.45) is 4.05. The molecule has 1 aromatic heterocycles. The average Bonchev–Trinajstić information content (AvgIpc) is 3.30. The summed E-state index contributed by atoms with van der Waals surface area (Å²) in [5.74, 6) is -3.26. The number of carbonyl (C=O) groups is 5. The number of nitrogens with two attached hydrogens (primary N) is 2. The summed E-state index contributed by atoms with van der Waals surface area (Å²) in [7, 11) is 0. The molecule has 0 aliphatic carbocycles. The van der Waals surface area contributed by atoms with Crippen LogP contribution in [0.3, 0.4) is 0 Å². The Bertz CT molecular complexity index is 1190. The second kappa shape index (κ2) is 15.9. The Morgan fingerprint density at radius 2 is 1.57 bits per heavy atom. The maximum absolute atomic E-state index is 13.3. The summed E-state index contributed by atoms with van der Waals surface area (Å²) < 4.78 is 0. The molecule has 0 aliphatic rings. The normalized spacial score (nSPS) is 14.2. The third-order valence-electron chi connectivity index (χ3n) is 6.33. The number of aliphatic carboxylic acids is 1. The fourth-order valence-corrected chi connectivity index (χ4v) is 4.68. The Labute approximate surface area is 237 Å². The Balaban J connectivity index is 2.11. The number of H-pyrrole nitrogens is 1. The minimum absolute atomic E-state index is 0.0196. The summed E-state index contributed by atoms with van der Waals surface area (Å²) in [4.78, 5) is 65.1. The van der Waals surface area contributed by atoms with Crippen molar-refractivity contribution >= 4 is 52.3 Å². The molecular weight excluding hydrogens is 536 g/mol. The highest BCUT2D eigenvalue weighted by molar-refractivity contribution is 7.98. The van der Waals surface area contributed by atoms with Gasteiger partial charge in [-0.05, 0) is 55.2 Å². The van der Waals surface area contributed by atoms with E-state index in [1.807, 2.05) is 44.4 Å². The monoisotopic (exact) mass is 576 g/mol. The van der Waals surface area contributed by atoms with Crippen molar-refractivity contribution in [2.75, 3.05) is 12.0 Å². The third kappa shape index (κ3) is 10.2. The van der Waals surface area contributed by atoms with Gasteiger partial charge in [-0.15, -0.1) is 0 Å². The smallest absolute Gasteiger partial charge is 0.326 e. The van der Waals surface area contributed by atoms with Gasteiger partial charge in [0.05, 0.1) is 6.04 Å². The van der Waals surface area contributed by atoms with Gasteiger partial charge in [-0.3, -0.25) is 19.2 Å². The fraction of sp³-hybridized carbons (Fsp3) is 0.519. The molecule has 0 saturated heterocycles. The maximum atomic E-state index is 13.3. The lowest BCUT2D eigenvalue weighted by Gasteiger charge is -2.26. The van der Waals surface area contributed by atoms with Crippen LogP contribution in [0, 0.1) is 5.92 Å². The van der Waals surface area contributed by atoms with E-state index in [1.165, 1.54) is 11.8 Å². The first kappa shape index (κ1) is 32.6. The summed E-state index contributed by atoms with van der Waals surface area (Å²) in [6.45, 7) is 3.70. The van der Waals surface area contributed by atoms with Crippen LogP contribution in [0.5, 0.6) is 0 Å². The fourth-order valence-electron chi connectivity index (χ4n) is 4.20. The van der Waals surface area contributed by atoms with E-state index in [9.17, 15) is 29.1 Å². The van der Waals surface area contributed by atoms with Crippen molar-refractivity contribution in [2.24, 2.45) is 17.4 Å². The lowest BCUT2D eigenvalue weighted by Crippen LogP contribution is -2.57. The first-order chi connectivity index (χ1) is 18.9. The maximum Gasteiger partial charge on any atom is 0.326 e. The van der Waals surface area contributed by atoms with Gasteiger partial charge in [-0.2, -0.15) is 11.8 Å². The zero-order valence-electron chi connectivity index (χ0n) is 23.1. The van der Waals surface area contributed by atoms with Crippen LogP contribution in [0.15, 0.2) is 30.5 Å². The number of benzene rings is 1. The number of rotatable bonds is 17. The van der Waals surface area contributed by atoms with E-state index in [4.69, 9.17) is 11.5 Å². The van der Waals surface area contributed by atoms with Gasteiger partial charge >= 0.3 is 5.97 Å². The molecule has 9 N–H and O–H groups in total. The molecule has 12 nitrogen and oxygen atoms in total. The second-order valence-electron chi connectivity index (χ2n) is 10.1. The lowest BCUT2D eigenvalue weighted by atomic mass is 10.0. The van der Waals surface area contributed by atoms with Crippen molar-refractivity contribution < 1.29 is 29.1 Å². The van der Waals surface area contributed by atoms with Crippen LogP contribution in [0.25, 0.3) is 10.9 Å². The van der Waals surface area contributed by atoms with Crippen LogP contribution in [-0.2, 0) is 30.4 Å². The predicted octanol–water partition coefficient (Wildman–Crippen LogP) is 0.641. The third-order valence-corrected chi connectivity index (χ3v) is 6.97. The number of aromatic amines is 1. The van der Waals surface area contributed by atoms with E-state index < -0.39 is 53.8 Å². The van der Waals surface area contributed by atoms with E-state index in [2.05, 4.69) is 20.9 Å². The van der Waals surface area contributed by atoms with Gasteiger partial charge < -0.3 is 37.5 Å². The van der Waals surface area contributed by atoms with Crippen molar-refractivity contribution in [1.82, 2.24) is 20.9 Å². The molecule has 40 heavy (non-hydrogen) atoms. The first-order valence-electron chi connectivity index (χ1n) is 13.1. The number of primary amides is 1. The zero-order valence-corrected chi connectivity index (χ0v) is 23.9. The van der Waals surface area contributed by atoms with Crippen LogP contribution in [-0.4, -0.2) is 75.9 Å². The summed E-state index contributed by atoms with van der Waals surface area (Å²) >= 11 is 1.49. The number of nitrogens with one attached hydrogen (secondary N) is 4. The van der Waals surface area contributed by atoms with Crippen LogP contribution in [0.1, 0.15) is 45.1 Å². The SMILES string of the molecule is CSCCC(NC(=O)C(N)Cc1c[nH]c2ccccc12)C(=O)NC(CC(C)C)C(=O)NC(CCC(N)=O)C(=O)O. The molecule has 4 atom stereocenters. The van der Waals surface area contributed by atoms with Gasteiger partial charge in [0.25, 0.3) is 0 Å². The van der Waals surface area contributed by atoms with Crippen molar-refractivity contribution in [3.63, 3.8) is 0 Å². The largest absolute Gasteiger partial charge is 0.480 e. The number of carboxylic acid groups (broad SMARTS) is 1. The van der Waals surface area contributed by atoms with Crippen molar-refractivity contribution in [2.45, 2.75) is 70.1 Å². The highest BCUT2D eigenvalue weighted by Gasteiger charge is 2.31. The van der Waals surface area contributed by atoms with Gasteiger partial charge in [-0.1, -0.05) is 32.0 Å². The van der Waals surface area contributed by atoms with Crippen LogP contribution in [0.2, 0.25) is 0 Å². The number of carboxylic acids is 1. The molecule has 1 aromatic carbocycles. The molecule has 1 heterocycles. The minimum atomic E-state index is -1.35. The molecule has 2 rings (SSSR count). The van der Waals surface area contributed by atoms with E-state index in [0.29, 0.717) is 12.2 Å². The van der Waals surface area contributed by atoms with Crippen LogP contribution in [0.4, 0.5) is 0 Å². The summed E-state index contributed by atoms with van der Waals surface area (Å²) in [5.41, 5.74) is 13.1. The number of hydrogen-bond acceptors (Lipinski definition) is 7. The summed E-state index contributed by atoms with van der Waals surface area (Å²) in [5, 5.41) is 18.2. The number of para-hydroxylation sites is 1. The van der Waals surface area contributed by atoms with E-state index in [0.717, 1.165) is 16.5 Å². The number of aromatic nitrogens is 1. The van der Waals surface area contributed by atoms with E-state index >= 15 is 0 Å². The number of thioether (sulfide) groups is 1. The molecule has 0 bridgehead atoms. The lowest BCUT2D eigenvalue weighted by molar-refractivity contribution is -0.142. The highest BCUT2D eigenvalue weighted by Crippen LogP contribution is 2.19. The molecular formula is C27H40N6O6S. The number of hydrogen-bond donors (Lipinski definition) is 7. The van der Waals surface area contributed by atoms with Crippen molar-refractivity contribution in [3.05, 3.63) is 36.0 Å². The van der Waals surface area contributed by atoms with E-state index in [1.54, 1.807) is 6.20 Å². The predicted molar refractivity (Wildman–Crippen MR) is 154 cm³/mol. The molecule has 0 fully saturated rings. The Morgan fingerprint density at radius 3 is 2.20 bits per heavy atom. The molecule has 220 valence electrons. The van der Waals surface area contributed by atoms with Crippen molar-refractivity contribution in [1.29, 1.82) is 0 Å². The molecule has 0 saturated carbocycles. The van der Waals surface area contributed by atoms with Gasteiger partial charge in [0.15, 0.2) is 0 Å². The van der Waals surface area contributed by atoms with E-state index in [-0.39, 0.29) is 31.6 Å². The molecule has 0 spiro atoms. The van der Waals surface area contributed by atoms with Gasteiger partial charge in [-0.25, -0.2) is 4.79 Å². The Morgan fingerprint density at radius 1 is 0.950 bits per heavy atom. The average molecular weight is 577 g/mol. The molecule has 0 radical (unpaired) electrons. The first-order valence-corrected chi connectivity index (χ1v) is 14.5. The summed E-state index contributed by atoms with van der Waals surface area (Å²) in [6, 6.07) is 3.38. The van der Waals surface area contributed by atoms with Gasteiger partial charge in [0.1, 0.15) is 18.1 Å². The van der Waals surface area contributed by atoms with Gasteiger partial charge in [0.2, 0.25) is 23.6 Å². The molecule has 2 aromatic rings. The molecule has 0 aliphatic heterocycles. The van der Waals surface area contributed by atoms with Crippen LogP contribution >= 0.6 is 11.8 Å². The number of carbonyl (C=O) groups excluding carboxylic acids is 4. The quantitative estimate of drug-likeness (QED) is 0.142. The standard InChI is InChI=1S/C27H40N6O6S/c1-15(2)12-22(26(37)32-21(27(38)39)8-9-23(29)34)33-25(36)20(10-11-40-3)31-24(35)18(28)13-16-14-30-19-7-5-4-6-17(16)19/h4-7,14-15,18,20-22,30H,8-13,28H2,1-3H3,(H2,29,34)(H,31,35)(H,32,37)(H,33,36)(H,38,39). The Kier molecular flexibility index (Phi) is 12.9. The van der Waals surface area contributed by atoms with Gasteiger partial charge in [0, 0.05) is 23.5 Å². The minimum Gasteiger partial charge on any atom is -0.480 e. The second-order valence-corrected chi connectivity index (χ2v) is 11.1. The van der Waals surface area contributed by atoms with Crippen molar-refractivity contribution in [3.8, 4) is 0 Å². The molecule has 4 amide bonds. The topological polar surface area (TPSA) is 209 Å². The Hall–Kier alpha value is -3.58. The molecule has 4 unspecified atom stereocenters.